The van der Waals surface area contributed by atoms with Gasteiger partial charge in [-0.2, -0.15) is 0 Å². The van der Waals surface area contributed by atoms with Gasteiger partial charge in [-0.25, -0.2) is 8.78 Å². The zero-order valence-corrected chi connectivity index (χ0v) is 11.4. The van der Waals surface area contributed by atoms with E-state index >= 15 is 0 Å². The Balaban J connectivity index is 2.32. The minimum Gasteiger partial charge on any atom is -0.399 e. The summed E-state index contributed by atoms with van der Waals surface area (Å²) in [6, 6.07) is 5.71. The van der Waals surface area contributed by atoms with E-state index in [4.69, 9.17) is 28.9 Å². The Kier molecular flexibility index (Phi) is 4.11. The van der Waals surface area contributed by atoms with Crippen LogP contribution in [0.1, 0.15) is 10.4 Å². The highest BCUT2D eigenvalue weighted by atomic mass is 35.5. The molecule has 7 heteroatoms. The molecule has 20 heavy (non-hydrogen) atoms. The molecular formula is C13H8Cl2F2N2O. The normalized spacial score (nSPS) is 10.4. The fourth-order valence-electron chi connectivity index (χ4n) is 1.59. The molecule has 0 saturated heterocycles. The molecule has 0 atom stereocenters. The Labute approximate surface area is 123 Å². The summed E-state index contributed by atoms with van der Waals surface area (Å²) in [7, 11) is 0. The van der Waals surface area contributed by atoms with Crippen molar-refractivity contribution in [2.75, 3.05) is 11.1 Å². The predicted molar refractivity (Wildman–Crippen MR) is 75.2 cm³/mol. The molecule has 0 aliphatic carbocycles. The van der Waals surface area contributed by atoms with E-state index in [-0.39, 0.29) is 27.0 Å². The lowest BCUT2D eigenvalue weighted by molar-refractivity contribution is 0.102. The maximum absolute atomic E-state index is 13.6. The van der Waals surface area contributed by atoms with Gasteiger partial charge in [0, 0.05) is 22.3 Å². The van der Waals surface area contributed by atoms with Crippen LogP contribution in [0.2, 0.25) is 10.0 Å². The van der Waals surface area contributed by atoms with Gasteiger partial charge in [-0.3, -0.25) is 4.79 Å². The SMILES string of the molecule is Nc1cc(Cl)cc(C(=O)Nc2c(F)cc(F)cc2Cl)c1. The van der Waals surface area contributed by atoms with E-state index in [2.05, 4.69) is 5.32 Å². The highest BCUT2D eigenvalue weighted by Gasteiger charge is 2.15. The van der Waals surface area contributed by atoms with Crippen LogP contribution in [0.25, 0.3) is 0 Å². The molecule has 0 spiro atoms. The average molecular weight is 317 g/mol. The molecule has 2 rings (SSSR count). The van der Waals surface area contributed by atoms with Crippen molar-refractivity contribution in [3.05, 3.63) is 57.6 Å². The molecular weight excluding hydrogens is 309 g/mol. The molecule has 0 unspecified atom stereocenters. The Morgan fingerprint density at radius 2 is 1.80 bits per heavy atom. The lowest BCUT2D eigenvalue weighted by Gasteiger charge is -2.09. The number of anilines is 2. The predicted octanol–water partition coefficient (Wildman–Crippen LogP) is 4.11. The molecule has 104 valence electrons. The molecule has 3 N–H and O–H groups in total. The van der Waals surface area contributed by atoms with Crippen LogP contribution in [0.15, 0.2) is 30.3 Å². The van der Waals surface area contributed by atoms with Crippen LogP contribution in [0.4, 0.5) is 20.2 Å². The van der Waals surface area contributed by atoms with Crippen molar-refractivity contribution < 1.29 is 13.6 Å². The zero-order chi connectivity index (χ0) is 14.9. The largest absolute Gasteiger partial charge is 0.399 e. The van der Waals surface area contributed by atoms with Crippen LogP contribution in [-0.4, -0.2) is 5.91 Å². The second-order valence-corrected chi connectivity index (χ2v) is 4.82. The number of hydrogen-bond donors (Lipinski definition) is 2. The van der Waals surface area contributed by atoms with Crippen molar-refractivity contribution in [1.29, 1.82) is 0 Å². The molecule has 3 nitrogen and oxygen atoms in total. The van der Waals surface area contributed by atoms with Crippen LogP contribution >= 0.6 is 23.2 Å². The first kappa shape index (κ1) is 14.6. The summed E-state index contributed by atoms with van der Waals surface area (Å²) >= 11 is 11.5. The molecule has 0 saturated carbocycles. The van der Waals surface area contributed by atoms with Gasteiger partial charge in [0.1, 0.15) is 5.82 Å². The third kappa shape index (κ3) is 3.18. The van der Waals surface area contributed by atoms with Gasteiger partial charge < -0.3 is 11.1 Å². The van der Waals surface area contributed by atoms with Gasteiger partial charge in [-0.05, 0) is 24.3 Å². The molecule has 0 radical (unpaired) electrons. The molecule has 1 amide bonds. The summed E-state index contributed by atoms with van der Waals surface area (Å²) in [4.78, 5) is 12.0. The Morgan fingerprint density at radius 3 is 2.40 bits per heavy atom. The molecule has 2 aromatic rings. The number of nitrogens with one attached hydrogen (secondary N) is 1. The first-order valence-corrected chi connectivity index (χ1v) is 6.14. The van der Waals surface area contributed by atoms with E-state index in [0.29, 0.717) is 6.07 Å². The number of carbonyl (C=O) groups excluding carboxylic acids is 1. The van der Waals surface area contributed by atoms with Crippen molar-refractivity contribution in [3.63, 3.8) is 0 Å². The summed E-state index contributed by atoms with van der Waals surface area (Å²) in [6.07, 6.45) is 0. The Bertz CT molecular complexity index is 649. The van der Waals surface area contributed by atoms with Crippen molar-refractivity contribution in [1.82, 2.24) is 0 Å². The molecule has 0 aliphatic rings. The highest BCUT2D eigenvalue weighted by Crippen LogP contribution is 2.27. The van der Waals surface area contributed by atoms with Crippen molar-refractivity contribution in [2.24, 2.45) is 0 Å². The van der Waals surface area contributed by atoms with Crippen molar-refractivity contribution in [2.45, 2.75) is 0 Å². The highest BCUT2D eigenvalue weighted by molar-refractivity contribution is 6.34. The van der Waals surface area contributed by atoms with Gasteiger partial charge in [-0.15, -0.1) is 0 Å². The minimum atomic E-state index is -0.974. The van der Waals surface area contributed by atoms with E-state index in [1.807, 2.05) is 0 Å². The van der Waals surface area contributed by atoms with Gasteiger partial charge in [-0.1, -0.05) is 23.2 Å². The van der Waals surface area contributed by atoms with E-state index in [1.54, 1.807) is 0 Å². The Hall–Kier alpha value is -1.85. The van der Waals surface area contributed by atoms with Gasteiger partial charge in [0.15, 0.2) is 5.82 Å². The van der Waals surface area contributed by atoms with Crippen LogP contribution in [0, 0.1) is 11.6 Å². The van der Waals surface area contributed by atoms with Gasteiger partial charge in [0.25, 0.3) is 5.91 Å². The quantitative estimate of drug-likeness (QED) is 0.819. The van der Waals surface area contributed by atoms with E-state index in [1.165, 1.54) is 18.2 Å². The third-order valence-electron chi connectivity index (χ3n) is 2.43. The van der Waals surface area contributed by atoms with E-state index in [9.17, 15) is 13.6 Å². The maximum atomic E-state index is 13.6. The average Bonchev–Trinajstić information content (AvgIpc) is 2.32. The zero-order valence-electron chi connectivity index (χ0n) is 9.88. The van der Waals surface area contributed by atoms with Crippen molar-refractivity contribution in [3.8, 4) is 0 Å². The fraction of sp³-hybridized carbons (Fsp3) is 0. The summed E-state index contributed by atoms with van der Waals surface area (Å²) in [5, 5.41) is 2.27. The number of halogens is 4. The van der Waals surface area contributed by atoms with Crippen LogP contribution < -0.4 is 11.1 Å². The smallest absolute Gasteiger partial charge is 0.255 e. The maximum Gasteiger partial charge on any atom is 0.255 e. The Morgan fingerprint density at radius 1 is 1.10 bits per heavy atom. The lowest BCUT2D eigenvalue weighted by Crippen LogP contribution is -2.14. The number of benzene rings is 2. The lowest BCUT2D eigenvalue weighted by atomic mass is 10.2. The third-order valence-corrected chi connectivity index (χ3v) is 2.94. The standard InChI is InChI=1S/C13H8Cl2F2N2O/c14-7-1-6(2-9(18)3-7)13(20)19-12-10(15)4-8(16)5-11(12)17/h1-5H,18H2,(H,19,20). The fourth-order valence-corrected chi connectivity index (χ4v) is 2.08. The molecule has 0 fully saturated rings. The van der Waals surface area contributed by atoms with Crippen molar-refractivity contribution >= 4 is 40.5 Å². The first-order valence-electron chi connectivity index (χ1n) is 5.39. The number of rotatable bonds is 2. The topological polar surface area (TPSA) is 55.1 Å². The van der Waals surface area contributed by atoms with Crippen LogP contribution in [0.3, 0.4) is 0 Å². The molecule has 0 aromatic heterocycles. The monoisotopic (exact) mass is 316 g/mol. The number of nitrogen functional groups attached to an aromatic ring is 1. The van der Waals surface area contributed by atoms with Gasteiger partial charge in [0.2, 0.25) is 0 Å². The molecule has 0 bridgehead atoms. The van der Waals surface area contributed by atoms with Crippen LogP contribution in [0.5, 0.6) is 0 Å². The number of amides is 1. The summed E-state index contributed by atoms with van der Waals surface area (Å²) in [5.74, 6) is -2.47. The number of carbonyl (C=O) groups is 1. The second-order valence-electron chi connectivity index (χ2n) is 3.97. The molecule has 2 aromatic carbocycles. The summed E-state index contributed by atoms with van der Waals surface area (Å²) in [6.45, 7) is 0. The number of hydrogen-bond acceptors (Lipinski definition) is 2. The van der Waals surface area contributed by atoms with E-state index in [0.717, 1.165) is 6.07 Å². The van der Waals surface area contributed by atoms with Gasteiger partial charge >= 0.3 is 0 Å². The molecule has 0 heterocycles. The van der Waals surface area contributed by atoms with Gasteiger partial charge in [0.05, 0.1) is 10.7 Å². The summed E-state index contributed by atoms with van der Waals surface area (Å²) < 4.78 is 26.5. The molecule has 0 aliphatic heterocycles. The van der Waals surface area contributed by atoms with E-state index < -0.39 is 17.5 Å². The number of nitrogens with two attached hydrogens (primary N) is 1. The van der Waals surface area contributed by atoms with Crippen LogP contribution in [-0.2, 0) is 0 Å². The summed E-state index contributed by atoms with van der Waals surface area (Å²) in [5.41, 5.74) is 5.67. The minimum absolute atomic E-state index is 0.134. The first-order chi connectivity index (χ1) is 9.36. The second kappa shape index (κ2) is 5.64.